The lowest BCUT2D eigenvalue weighted by atomic mass is 10.2. The molecule has 0 unspecified atom stereocenters. The fraction of sp³-hybridized carbons (Fsp3) is 0.800. The lowest BCUT2D eigenvalue weighted by molar-refractivity contribution is -0.122. The van der Waals surface area contributed by atoms with Gasteiger partial charge in [0, 0.05) is 13.0 Å². The van der Waals surface area contributed by atoms with Crippen molar-refractivity contribution in [1.29, 1.82) is 0 Å². The molecule has 48 valence electrons. The van der Waals surface area contributed by atoms with Crippen molar-refractivity contribution in [2.75, 3.05) is 6.54 Å². The Morgan fingerprint density at radius 1 is 1.38 bits per heavy atom. The summed E-state index contributed by atoms with van der Waals surface area (Å²) in [4.78, 5) is 10.4. The van der Waals surface area contributed by atoms with Crippen molar-refractivity contribution in [3.63, 3.8) is 0 Å². The fourth-order valence-corrected chi connectivity index (χ4v) is 0.727. The van der Waals surface area contributed by atoms with Crippen molar-refractivity contribution in [3.05, 3.63) is 0 Å². The molecule has 0 aliphatic carbocycles. The quantitative estimate of drug-likeness (QED) is 0.612. The molecule has 3 heteroatoms. The van der Waals surface area contributed by atoms with Gasteiger partial charge >= 0.3 is 0 Å². The number of carbonyl (C=O) groups is 1. The van der Waals surface area contributed by atoms with E-state index in [0.717, 1.165) is 25.8 Å². The highest BCUT2D eigenvalue weighted by molar-refractivity contribution is 14.0. The molecule has 8 heavy (non-hydrogen) atoms. The van der Waals surface area contributed by atoms with Crippen LogP contribution in [0.4, 0.5) is 0 Å². The van der Waals surface area contributed by atoms with E-state index in [4.69, 9.17) is 0 Å². The highest BCUT2D eigenvalue weighted by atomic mass is 127. The second-order valence-corrected chi connectivity index (χ2v) is 1.81. The zero-order chi connectivity index (χ0) is 5.11. The summed E-state index contributed by atoms with van der Waals surface area (Å²) in [6.45, 7) is 0.888. The zero-order valence-corrected chi connectivity index (χ0v) is 6.98. The Morgan fingerprint density at radius 2 is 2.12 bits per heavy atom. The maximum absolute atomic E-state index is 10.4. The van der Waals surface area contributed by atoms with Crippen LogP contribution < -0.4 is 5.32 Å². The lowest BCUT2D eigenvalue weighted by Gasteiger charge is -2.08. The third kappa shape index (κ3) is 2.49. The maximum atomic E-state index is 10.4. The normalized spacial score (nSPS) is 18.8. The second-order valence-electron chi connectivity index (χ2n) is 1.81. The first-order valence-electron chi connectivity index (χ1n) is 2.66. The van der Waals surface area contributed by atoms with Crippen LogP contribution >= 0.6 is 24.0 Å². The first-order valence-corrected chi connectivity index (χ1v) is 2.66. The Labute approximate surface area is 66.0 Å². The molecule has 1 saturated heterocycles. The van der Waals surface area contributed by atoms with Gasteiger partial charge in [-0.2, -0.15) is 0 Å². The van der Waals surface area contributed by atoms with Crippen LogP contribution in [-0.4, -0.2) is 12.5 Å². The van der Waals surface area contributed by atoms with E-state index in [1.165, 1.54) is 0 Å². The molecule has 0 aromatic rings. The van der Waals surface area contributed by atoms with E-state index in [1.54, 1.807) is 0 Å². The molecular formula is C5H10INO. The van der Waals surface area contributed by atoms with Gasteiger partial charge in [0.25, 0.3) is 0 Å². The first-order chi connectivity index (χ1) is 3.39. The topological polar surface area (TPSA) is 29.1 Å². The molecule has 0 bridgehead atoms. The zero-order valence-electron chi connectivity index (χ0n) is 4.64. The largest absolute Gasteiger partial charge is 0.356 e. The molecule has 2 nitrogen and oxygen atoms in total. The third-order valence-electron chi connectivity index (χ3n) is 1.15. The summed E-state index contributed by atoms with van der Waals surface area (Å²) in [5.41, 5.74) is 0. The van der Waals surface area contributed by atoms with Crippen LogP contribution in [0.2, 0.25) is 0 Å². The summed E-state index contributed by atoms with van der Waals surface area (Å²) in [7, 11) is 0. The van der Waals surface area contributed by atoms with Crippen LogP contribution in [0.5, 0.6) is 0 Å². The van der Waals surface area contributed by atoms with Gasteiger partial charge in [0.1, 0.15) is 0 Å². The highest BCUT2D eigenvalue weighted by Crippen LogP contribution is 1.98. The molecule has 0 radical (unpaired) electrons. The van der Waals surface area contributed by atoms with Gasteiger partial charge < -0.3 is 5.32 Å². The summed E-state index contributed by atoms with van der Waals surface area (Å²) in [6.07, 6.45) is 2.97. The number of carbonyl (C=O) groups excluding carboxylic acids is 1. The Hall–Kier alpha value is 0.200. The van der Waals surface area contributed by atoms with E-state index in [-0.39, 0.29) is 29.9 Å². The molecule has 1 amide bonds. The number of nitrogens with one attached hydrogen (secondary N) is 1. The van der Waals surface area contributed by atoms with E-state index in [2.05, 4.69) is 5.32 Å². The predicted octanol–water partition coefficient (Wildman–Crippen LogP) is 0.905. The monoisotopic (exact) mass is 227 g/mol. The molecule has 1 N–H and O–H groups in total. The predicted molar refractivity (Wildman–Crippen MR) is 42.3 cm³/mol. The summed E-state index contributed by atoms with van der Waals surface area (Å²) in [6, 6.07) is 0. The Bertz CT molecular complexity index is 76.5. The van der Waals surface area contributed by atoms with E-state index in [1.807, 2.05) is 0 Å². The van der Waals surface area contributed by atoms with E-state index in [0.29, 0.717) is 0 Å². The van der Waals surface area contributed by atoms with Gasteiger partial charge in [0.05, 0.1) is 0 Å². The molecule has 0 atom stereocenters. The third-order valence-corrected chi connectivity index (χ3v) is 1.15. The number of hydrogen-bond donors (Lipinski definition) is 1. The van der Waals surface area contributed by atoms with Crippen LogP contribution in [0, 0.1) is 0 Å². The molecule has 1 heterocycles. The standard InChI is InChI=1S/C5H9NO.HI/c7-5-3-1-2-4-6-5;/h1-4H2,(H,6,7);1H. The molecule has 1 aliphatic rings. The van der Waals surface area contributed by atoms with Crippen molar-refractivity contribution in [2.24, 2.45) is 0 Å². The van der Waals surface area contributed by atoms with Crippen LogP contribution in [0.1, 0.15) is 19.3 Å². The molecule has 1 fully saturated rings. The van der Waals surface area contributed by atoms with Gasteiger partial charge in [-0.15, -0.1) is 24.0 Å². The Morgan fingerprint density at radius 3 is 2.38 bits per heavy atom. The van der Waals surface area contributed by atoms with Crippen molar-refractivity contribution < 1.29 is 4.79 Å². The van der Waals surface area contributed by atoms with Crippen LogP contribution in [0.15, 0.2) is 0 Å². The smallest absolute Gasteiger partial charge is 0.219 e. The van der Waals surface area contributed by atoms with Crippen LogP contribution in [-0.2, 0) is 4.79 Å². The van der Waals surface area contributed by atoms with Crippen LogP contribution in [0.3, 0.4) is 0 Å². The van der Waals surface area contributed by atoms with Gasteiger partial charge in [0.15, 0.2) is 0 Å². The van der Waals surface area contributed by atoms with Gasteiger partial charge in [-0.1, -0.05) is 0 Å². The number of rotatable bonds is 0. The minimum Gasteiger partial charge on any atom is -0.356 e. The molecule has 1 rings (SSSR count). The molecule has 0 aromatic carbocycles. The lowest BCUT2D eigenvalue weighted by Crippen LogP contribution is -2.28. The maximum Gasteiger partial charge on any atom is 0.219 e. The van der Waals surface area contributed by atoms with Crippen molar-refractivity contribution in [2.45, 2.75) is 19.3 Å². The van der Waals surface area contributed by atoms with Crippen molar-refractivity contribution >= 4 is 29.9 Å². The second kappa shape index (κ2) is 4.12. The number of amides is 1. The summed E-state index contributed by atoms with van der Waals surface area (Å²) < 4.78 is 0. The first kappa shape index (κ1) is 8.20. The Kier molecular flexibility index (Phi) is 4.22. The Balaban J connectivity index is 0.000000490. The number of piperidine rings is 1. The number of hydrogen-bond acceptors (Lipinski definition) is 1. The fourth-order valence-electron chi connectivity index (χ4n) is 0.727. The minimum absolute atomic E-state index is 0. The van der Waals surface area contributed by atoms with Crippen molar-refractivity contribution in [3.8, 4) is 0 Å². The molecule has 0 aromatic heterocycles. The summed E-state index contributed by atoms with van der Waals surface area (Å²) in [5.74, 6) is 0.214. The molecule has 1 aliphatic heterocycles. The van der Waals surface area contributed by atoms with Gasteiger partial charge in [-0.05, 0) is 12.8 Å². The van der Waals surface area contributed by atoms with E-state index in [9.17, 15) is 4.79 Å². The molecule has 0 spiro atoms. The summed E-state index contributed by atoms with van der Waals surface area (Å²) >= 11 is 0. The average molecular weight is 227 g/mol. The average Bonchev–Trinajstić information content (AvgIpc) is 1.69. The van der Waals surface area contributed by atoms with Crippen molar-refractivity contribution in [1.82, 2.24) is 5.32 Å². The SMILES string of the molecule is I.O=C1CCCCN1. The van der Waals surface area contributed by atoms with Gasteiger partial charge in [0.2, 0.25) is 5.91 Å². The minimum atomic E-state index is 0. The highest BCUT2D eigenvalue weighted by Gasteiger charge is 2.04. The molecule has 0 saturated carbocycles. The van der Waals surface area contributed by atoms with Crippen LogP contribution in [0.25, 0.3) is 0 Å². The van der Waals surface area contributed by atoms with E-state index < -0.39 is 0 Å². The summed E-state index contributed by atoms with van der Waals surface area (Å²) in [5, 5.41) is 2.74. The molecular weight excluding hydrogens is 217 g/mol. The number of halogens is 1. The van der Waals surface area contributed by atoms with E-state index >= 15 is 0 Å². The van der Waals surface area contributed by atoms with Gasteiger partial charge in [-0.25, -0.2) is 0 Å². The van der Waals surface area contributed by atoms with Gasteiger partial charge in [-0.3, -0.25) is 4.79 Å².